The van der Waals surface area contributed by atoms with Crippen molar-refractivity contribution in [1.82, 2.24) is 9.80 Å². The number of carbonyl (C=O) groups excluding carboxylic acids is 2. The summed E-state index contributed by atoms with van der Waals surface area (Å²) in [6.07, 6.45) is 7.16. The van der Waals surface area contributed by atoms with E-state index in [-0.39, 0.29) is 17.9 Å². The molecule has 5 nitrogen and oxygen atoms in total. The summed E-state index contributed by atoms with van der Waals surface area (Å²) in [4.78, 5) is 29.1. The minimum atomic E-state index is 0.0620. The SMILES string of the molecule is COc1ccccc1[C@@H]1CCCN1C(=O)CCC(=O)N1CCCCCC1. The van der Waals surface area contributed by atoms with Crippen LogP contribution < -0.4 is 4.74 Å². The van der Waals surface area contributed by atoms with Crippen molar-refractivity contribution in [2.24, 2.45) is 0 Å². The molecule has 5 heteroatoms. The van der Waals surface area contributed by atoms with E-state index in [0.717, 1.165) is 56.6 Å². The van der Waals surface area contributed by atoms with Crippen LogP contribution in [0.15, 0.2) is 24.3 Å². The Morgan fingerprint density at radius 1 is 0.962 bits per heavy atom. The van der Waals surface area contributed by atoms with Crippen LogP contribution in [0.3, 0.4) is 0 Å². The van der Waals surface area contributed by atoms with Gasteiger partial charge in [-0.1, -0.05) is 31.0 Å². The van der Waals surface area contributed by atoms with Crippen LogP contribution in [0.1, 0.15) is 63.0 Å². The van der Waals surface area contributed by atoms with Gasteiger partial charge in [-0.25, -0.2) is 0 Å². The summed E-state index contributed by atoms with van der Waals surface area (Å²) in [5.74, 6) is 1.05. The van der Waals surface area contributed by atoms with Crippen LogP contribution in [0.4, 0.5) is 0 Å². The third-order valence-electron chi connectivity index (χ3n) is 5.58. The maximum absolute atomic E-state index is 12.8. The average Bonchev–Trinajstić information content (AvgIpc) is 3.00. The van der Waals surface area contributed by atoms with Crippen molar-refractivity contribution in [3.63, 3.8) is 0 Å². The van der Waals surface area contributed by atoms with Crippen molar-refractivity contribution < 1.29 is 14.3 Å². The van der Waals surface area contributed by atoms with Gasteiger partial charge in [-0.05, 0) is 31.7 Å². The van der Waals surface area contributed by atoms with Crippen molar-refractivity contribution in [2.75, 3.05) is 26.7 Å². The second-order valence-corrected chi connectivity index (χ2v) is 7.28. The quantitative estimate of drug-likeness (QED) is 0.809. The summed E-state index contributed by atoms with van der Waals surface area (Å²) in [5, 5.41) is 0. The van der Waals surface area contributed by atoms with Crippen molar-refractivity contribution >= 4 is 11.8 Å². The van der Waals surface area contributed by atoms with Crippen molar-refractivity contribution in [3.8, 4) is 5.75 Å². The van der Waals surface area contributed by atoms with Gasteiger partial charge >= 0.3 is 0 Å². The van der Waals surface area contributed by atoms with Gasteiger partial charge in [-0.2, -0.15) is 0 Å². The summed E-state index contributed by atoms with van der Waals surface area (Å²) >= 11 is 0. The molecule has 1 aromatic rings. The number of nitrogens with zero attached hydrogens (tertiary/aromatic N) is 2. The van der Waals surface area contributed by atoms with Gasteiger partial charge in [0.15, 0.2) is 0 Å². The average molecular weight is 358 g/mol. The minimum Gasteiger partial charge on any atom is -0.496 e. The number of amides is 2. The van der Waals surface area contributed by atoms with E-state index in [9.17, 15) is 9.59 Å². The first-order valence-electron chi connectivity index (χ1n) is 9.91. The molecule has 0 N–H and O–H groups in total. The molecule has 0 aliphatic carbocycles. The third-order valence-corrected chi connectivity index (χ3v) is 5.58. The molecule has 0 aromatic heterocycles. The monoisotopic (exact) mass is 358 g/mol. The van der Waals surface area contributed by atoms with Crippen LogP contribution in [0.25, 0.3) is 0 Å². The number of rotatable bonds is 5. The Hall–Kier alpha value is -2.04. The predicted molar refractivity (Wildman–Crippen MR) is 101 cm³/mol. The highest BCUT2D eigenvalue weighted by Crippen LogP contribution is 2.37. The molecular weight excluding hydrogens is 328 g/mol. The standard InChI is InChI=1S/C21H30N2O3/c1-26-19-11-5-4-9-17(19)18-10-8-16-23(18)21(25)13-12-20(24)22-14-6-2-3-7-15-22/h4-5,9,11,18H,2-3,6-8,10,12-16H2,1H3/t18-/m0/s1. The molecule has 2 heterocycles. The second kappa shape index (κ2) is 9.06. The first kappa shape index (κ1) is 18.7. The summed E-state index contributed by atoms with van der Waals surface area (Å²) in [7, 11) is 1.67. The van der Waals surface area contributed by atoms with E-state index in [4.69, 9.17) is 4.74 Å². The van der Waals surface area contributed by atoms with E-state index in [2.05, 4.69) is 0 Å². The maximum atomic E-state index is 12.8. The molecule has 2 amide bonds. The zero-order chi connectivity index (χ0) is 18.4. The highest BCUT2D eigenvalue weighted by molar-refractivity contribution is 5.84. The van der Waals surface area contributed by atoms with Crippen LogP contribution in [0.2, 0.25) is 0 Å². The smallest absolute Gasteiger partial charge is 0.223 e. The zero-order valence-corrected chi connectivity index (χ0v) is 15.8. The highest BCUT2D eigenvalue weighted by atomic mass is 16.5. The fraction of sp³-hybridized carbons (Fsp3) is 0.619. The predicted octanol–water partition coefficient (Wildman–Crippen LogP) is 3.54. The van der Waals surface area contributed by atoms with Gasteiger partial charge in [0.05, 0.1) is 13.2 Å². The number of benzene rings is 1. The van der Waals surface area contributed by atoms with Crippen molar-refractivity contribution in [1.29, 1.82) is 0 Å². The van der Waals surface area contributed by atoms with Gasteiger partial charge in [0, 0.05) is 38.0 Å². The Morgan fingerprint density at radius 2 is 1.65 bits per heavy atom. The molecule has 1 atom stereocenters. The van der Waals surface area contributed by atoms with Gasteiger partial charge in [-0.15, -0.1) is 0 Å². The fourth-order valence-electron chi connectivity index (χ4n) is 4.17. The van der Waals surface area contributed by atoms with Crippen LogP contribution in [0, 0.1) is 0 Å². The van der Waals surface area contributed by atoms with Gasteiger partial charge in [0.2, 0.25) is 11.8 Å². The molecule has 1 aromatic carbocycles. The normalized spacial score (nSPS) is 20.7. The number of para-hydroxylation sites is 1. The lowest BCUT2D eigenvalue weighted by atomic mass is 10.0. The molecule has 142 valence electrons. The lowest BCUT2D eigenvalue weighted by Gasteiger charge is -2.27. The van der Waals surface area contributed by atoms with E-state index in [1.165, 1.54) is 12.8 Å². The van der Waals surface area contributed by atoms with E-state index in [0.29, 0.717) is 12.8 Å². The molecule has 0 spiro atoms. The first-order valence-corrected chi connectivity index (χ1v) is 9.91. The van der Waals surface area contributed by atoms with E-state index < -0.39 is 0 Å². The number of ether oxygens (including phenoxy) is 1. The molecule has 26 heavy (non-hydrogen) atoms. The maximum Gasteiger partial charge on any atom is 0.223 e. The first-order chi connectivity index (χ1) is 12.7. The van der Waals surface area contributed by atoms with Crippen LogP contribution in [-0.2, 0) is 9.59 Å². The molecular formula is C21H30N2O3. The third kappa shape index (κ3) is 4.37. The molecule has 0 unspecified atom stereocenters. The highest BCUT2D eigenvalue weighted by Gasteiger charge is 2.31. The zero-order valence-electron chi connectivity index (χ0n) is 15.8. The number of hydrogen-bond donors (Lipinski definition) is 0. The van der Waals surface area contributed by atoms with Crippen molar-refractivity contribution in [2.45, 2.75) is 57.4 Å². The molecule has 2 fully saturated rings. The van der Waals surface area contributed by atoms with Crippen LogP contribution in [0.5, 0.6) is 5.75 Å². The number of methoxy groups -OCH3 is 1. The Morgan fingerprint density at radius 3 is 2.38 bits per heavy atom. The topological polar surface area (TPSA) is 49.9 Å². The Kier molecular flexibility index (Phi) is 6.53. The van der Waals surface area contributed by atoms with Gasteiger partial charge in [0.25, 0.3) is 0 Å². The number of likely N-dealkylation sites (tertiary alicyclic amines) is 2. The Bertz CT molecular complexity index is 623. The van der Waals surface area contributed by atoms with E-state index >= 15 is 0 Å². The van der Waals surface area contributed by atoms with Crippen LogP contribution in [-0.4, -0.2) is 48.4 Å². The van der Waals surface area contributed by atoms with E-state index in [1.807, 2.05) is 34.1 Å². The summed E-state index contributed by atoms with van der Waals surface area (Å²) in [6.45, 7) is 2.46. The van der Waals surface area contributed by atoms with Crippen LogP contribution >= 0.6 is 0 Å². The Labute approximate surface area is 156 Å². The molecule has 3 rings (SSSR count). The van der Waals surface area contributed by atoms with E-state index in [1.54, 1.807) is 7.11 Å². The summed E-state index contributed by atoms with van der Waals surface area (Å²) in [6, 6.07) is 7.98. The number of carbonyl (C=O) groups is 2. The largest absolute Gasteiger partial charge is 0.496 e. The molecule has 2 saturated heterocycles. The molecule has 0 bridgehead atoms. The lowest BCUT2D eigenvalue weighted by Crippen LogP contribution is -2.34. The minimum absolute atomic E-state index is 0.0620. The molecule has 0 saturated carbocycles. The molecule has 2 aliphatic heterocycles. The van der Waals surface area contributed by atoms with Gasteiger partial charge < -0.3 is 14.5 Å². The lowest BCUT2D eigenvalue weighted by molar-refractivity contribution is -0.137. The van der Waals surface area contributed by atoms with Gasteiger partial charge in [-0.3, -0.25) is 9.59 Å². The summed E-state index contributed by atoms with van der Waals surface area (Å²) in [5.41, 5.74) is 1.07. The second-order valence-electron chi connectivity index (χ2n) is 7.28. The fourth-order valence-corrected chi connectivity index (χ4v) is 4.17. The Balaban J connectivity index is 1.59. The number of hydrogen-bond acceptors (Lipinski definition) is 3. The summed E-state index contributed by atoms with van der Waals surface area (Å²) < 4.78 is 5.48. The molecule has 2 aliphatic rings. The van der Waals surface area contributed by atoms with Gasteiger partial charge in [0.1, 0.15) is 5.75 Å². The van der Waals surface area contributed by atoms with Crippen molar-refractivity contribution in [3.05, 3.63) is 29.8 Å². The molecule has 0 radical (unpaired) electrons.